The lowest BCUT2D eigenvalue weighted by Gasteiger charge is -1.85. The zero-order valence-corrected chi connectivity index (χ0v) is 8.36. The third-order valence-electron chi connectivity index (χ3n) is 1.91. The van der Waals surface area contributed by atoms with Crippen LogP contribution in [-0.4, -0.2) is 20.3 Å². The highest BCUT2D eigenvalue weighted by Crippen LogP contribution is 2.22. The van der Waals surface area contributed by atoms with Crippen LogP contribution in [0, 0.1) is 0 Å². The van der Waals surface area contributed by atoms with Gasteiger partial charge in [-0.3, -0.25) is 5.10 Å². The summed E-state index contributed by atoms with van der Waals surface area (Å²) in [5.74, 6) is 1.30. The van der Waals surface area contributed by atoms with Gasteiger partial charge in [0.15, 0.2) is 11.5 Å². The van der Waals surface area contributed by atoms with Crippen molar-refractivity contribution >= 4 is 11.3 Å². The van der Waals surface area contributed by atoms with E-state index >= 15 is 0 Å². The fraction of sp³-hybridized carbons (Fsp3) is 0. The molecule has 5 nitrogen and oxygen atoms in total. The Labute approximate surface area is 88.8 Å². The van der Waals surface area contributed by atoms with Gasteiger partial charge in [0.25, 0.3) is 0 Å². The predicted molar refractivity (Wildman–Crippen MR) is 55.2 cm³/mol. The van der Waals surface area contributed by atoms with Crippen LogP contribution in [0.5, 0.6) is 0 Å². The monoisotopic (exact) mass is 218 g/mol. The Kier molecular flexibility index (Phi) is 1.85. The zero-order valence-electron chi connectivity index (χ0n) is 7.54. The van der Waals surface area contributed by atoms with Crippen molar-refractivity contribution in [2.45, 2.75) is 0 Å². The van der Waals surface area contributed by atoms with Gasteiger partial charge < -0.3 is 4.52 Å². The first-order chi connectivity index (χ1) is 7.43. The second-order valence-corrected chi connectivity index (χ2v) is 3.82. The average Bonchev–Trinajstić information content (AvgIpc) is 3.02. The molecule has 6 heteroatoms. The minimum atomic E-state index is 0.548. The summed E-state index contributed by atoms with van der Waals surface area (Å²) in [6.07, 6.45) is 1.50. The summed E-state index contributed by atoms with van der Waals surface area (Å²) in [7, 11) is 0. The van der Waals surface area contributed by atoms with E-state index in [1.165, 1.54) is 6.26 Å². The molecule has 1 N–H and O–H groups in total. The average molecular weight is 218 g/mol. The van der Waals surface area contributed by atoms with Gasteiger partial charge in [0.1, 0.15) is 6.26 Å². The number of aromatic amines is 1. The van der Waals surface area contributed by atoms with E-state index in [0.717, 1.165) is 10.7 Å². The van der Waals surface area contributed by atoms with Gasteiger partial charge in [-0.1, -0.05) is 11.2 Å². The number of thiophene rings is 1. The van der Waals surface area contributed by atoms with Gasteiger partial charge in [0, 0.05) is 6.07 Å². The van der Waals surface area contributed by atoms with Crippen molar-refractivity contribution in [1.82, 2.24) is 20.3 Å². The van der Waals surface area contributed by atoms with Crippen LogP contribution in [0.15, 0.2) is 34.4 Å². The lowest BCUT2D eigenvalue weighted by atomic mass is 10.4. The number of hydrogen-bond donors (Lipinski definition) is 1. The van der Waals surface area contributed by atoms with Crippen LogP contribution in [0.25, 0.3) is 22.2 Å². The molecule has 0 saturated carbocycles. The smallest absolute Gasteiger partial charge is 0.203 e. The van der Waals surface area contributed by atoms with Crippen molar-refractivity contribution in [3.63, 3.8) is 0 Å². The van der Waals surface area contributed by atoms with E-state index in [1.807, 2.05) is 17.5 Å². The third-order valence-corrected chi connectivity index (χ3v) is 2.78. The summed E-state index contributed by atoms with van der Waals surface area (Å²) in [5.41, 5.74) is 0.633. The van der Waals surface area contributed by atoms with Gasteiger partial charge in [-0.05, 0) is 11.4 Å². The molecule has 0 atom stereocenters. The van der Waals surface area contributed by atoms with Crippen molar-refractivity contribution in [3.8, 4) is 22.2 Å². The molecule has 0 unspecified atom stereocenters. The highest BCUT2D eigenvalue weighted by Gasteiger charge is 2.09. The normalized spacial score (nSPS) is 10.7. The Hall–Kier alpha value is -1.95. The summed E-state index contributed by atoms with van der Waals surface area (Å²) >= 11 is 1.61. The quantitative estimate of drug-likeness (QED) is 0.715. The maximum absolute atomic E-state index is 4.73. The van der Waals surface area contributed by atoms with Crippen LogP contribution in [0.3, 0.4) is 0 Å². The minimum Gasteiger partial charge on any atom is -0.364 e. The highest BCUT2D eigenvalue weighted by molar-refractivity contribution is 7.13. The van der Waals surface area contributed by atoms with E-state index in [2.05, 4.69) is 20.3 Å². The summed E-state index contributed by atoms with van der Waals surface area (Å²) in [6, 6.07) is 5.68. The third kappa shape index (κ3) is 1.44. The number of nitrogens with zero attached hydrogens (tertiary/aromatic N) is 3. The molecule has 3 rings (SSSR count). The first-order valence-corrected chi connectivity index (χ1v) is 5.18. The Morgan fingerprint density at radius 2 is 2.33 bits per heavy atom. The van der Waals surface area contributed by atoms with Crippen LogP contribution in [0.4, 0.5) is 0 Å². The Morgan fingerprint density at radius 3 is 3.07 bits per heavy atom. The molecule has 0 fully saturated rings. The molecular formula is C9H6N4OS. The number of nitrogens with one attached hydrogen (secondary N) is 1. The molecule has 15 heavy (non-hydrogen) atoms. The molecule has 0 spiro atoms. The first-order valence-electron chi connectivity index (χ1n) is 4.30. The molecule has 3 aromatic rings. The van der Waals surface area contributed by atoms with E-state index < -0.39 is 0 Å². The molecule has 0 aliphatic carbocycles. The van der Waals surface area contributed by atoms with E-state index in [-0.39, 0.29) is 0 Å². The van der Waals surface area contributed by atoms with E-state index in [4.69, 9.17) is 4.52 Å². The molecule has 0 bridgehead atoms. The molecule has 0 amide bonds. The van der Waals surface area contributed by atoms with Crippen molar-refractivity contribution in [1.29, 1.82) is 0 Å². The van der Waals surface area contributed by atoms with E-state index in [0.29, 0.717) is 11.5 Å². The SMILES string of the molecule is c1csc(-c2nc(-c3ccon3)n[nH]2)c1. The Morgan fingerprint density at radius 1 is 1.33 bits per heavy atom. The van der Waals surface area contributed by atoms with E-state index in [9.17, 15) is 0 Å². The molecule has 3 aromatic heterocycles. The van der Waals surface area contributed by atoms with Crippen LogP contribution >= 0.6 is 11.3 Å². The molecule has 0 saturated heterocycles. The van der Waals surface area contributed by atoms with E-state index in [1.54, 1.807) is 17.4 Å². The molecule has 3 heterocycles. The predicted octanol–water partition coefficient (Wildman–Crippen LogP) is 2.19. The fourth-order valence-electron chi connectivity index (χ4n) is 1.23. The van der Waals surface area contributed by atoms with Crippen LogP contribution in [0.2, 0.25) is 0 Å². The number of rotatable bonds is 2. The zero-order chi connectivity index (χ0) is 10.1. The van der Waals surface area contributed by atoms with Crippen molar-refractivity contribution in [2.75, 3.05) is 0 Å². The molecular weight excluding hydrogens is 212 g/mol. The number of hydrogen-bond acceptors (Lipinski definition) is 5. The molecule has 0 aliphatic heterocycles. The van der Waals surface area contributed by atoms with Gasteiger partial charge in [0.2, 0.25) is 5.82 Å². The Bertz CT molecular complexity index is 492. The van der Waals surface area contributed by atoms with Gasteiger partial charge in [-0.25, -0.2) is 4.98 Å². The lowest BCUT2D eigenvalue weighted by Crippen LogP contribution is -1.78. The molecule has 0 aromatic carbocycles. The topological polar surface area (TPSA) is 67.6 Å². The van der Waals surface area contributed by atoms with Crippen molar-refractivity contribution in [2.24, 2.45) is 0 Å². The van der Waals surface area contributed by atoms with Crippen molar-refractivity contribution < 1.29 is 4.52 Å². The van der Waals surface area contributed by atoms with Crippen molar-refractivity contribution in [3.05, 3.63) is 29.8 Å². The van der Waals surface area contributed by atoms with Gasteiger partial charge >= 0.3 is 0 Å². The van der Waals surface area contributed by atoms with Gasteiger partial charge in [-0.2, -0.15) is 5.10 Å². The largest absolute Gasteiger partial charge is 0.364 e. The molecule has 0 radical (unpaired) electrons. The lowest BCUT2D eigenvalue weighted by molar-refractivity contribution is 0.422. The maximum Gasteiger partial charge on any atom is 0.203 e. The van der Waals surface area contributed by atoms with Crippen LogP contribution in [0.1, 0.15) is 0 Å². The summed E-state index contributed by atoms with van der Waals surface area (Å²) in [5, 5.41) is 12.7. The molecule has 74 valence electrons. The maximum atomic E-state index is 4.73. The summed E-state index contributed by atoms with van der Waals surface area (Å²) in [4.78, 5) is 5.37. The van der Waals surface area contributed by atoms with Gasteiger partial charge in [0.05, 0.1) is 4.88 Å². The number of aromatic nitrogens is 4. The second kappa shape index (κ2) is 3.32. The summed E-state index contributed by atoms with van der Waals surface area (Å²) in [6.45, 7) is 0. The van der Waals surface area contributed by atoms with Gasteiger partial charge in [-0.15, -0.1) is 11.3 Å². The second-order valence-electron chi connectivity index (χ2n) is 2.87. The highest BCUT2D eigenvalue weighted by atomic mass is 32.1. The minimum absolute atomic E-state index is 0.548. The Balaban J connectivity index is 2.02. The number of H-pyrrole nitrogens is 1. The molecule has 0 aliphatic rings. The first kappa shape index (κ1) is 8.37. The van der Waals surface area contributed by atoms with Crippen LogP contribution < -0.4 is 0 Å². The fourth-order valence-corrected chi connectivity index (χ4v) is 1.89. The summed E-state index contributed by atoms with van der Waals surface area (Å²) < 4.78 is 4.73. The van der Waals surface area contributed by atoms with Crippen LogP contribution in [-0.2, 0) is 0 Å². The standard InChI is InChI=1S/C9H6N4OS/c1-2-7(15-5-1)9-10-8(11-12-9)6-3-4-14-13-6/h1-5H,(H,10,11,12).